The third kappa shape index (κ3) is 6.38. The van der Waals surface area contributed by atoms with Crippen LogP contribution in [0.3, 0.4) is 0 Å². The van der Waals surface area contributed by atoms with Crippen LogP contribution in [0.15, 0.2) is 15.8 Å². The molecular formula is C16H26N2O16P2. The van der Waals surface area contributed by atoms with Gasteiger partial charge in [-0.05, 0) is 13.8 Å². The van der Waals surface area contributed by atoms with E-state index in [0.29, 0.717) is 0 Å². The van der Waals surface area contributed by atoms with E-state index >= 15 is 0 Å². The number of aromatic nitrogens is 2. The maximum absolute atomic E-state index is 12.2. The molecule has 0 amide bonds. The van der Waals surface area contributed by atoms with Gasteiger partial charge in [-0.1, -0.05) is 0 Å². The number of nitrogens with zero attached hydrogens (tertiary/aromatic N) is 1. The highest BCUT2D eigenvalue weighted by Crippen LogP contribution is 2.61. The van der Waals surface area contributed by atoms with Crippen molar-refractivity contribution in [3.8, 4) is 0 Å². The molecule has 18 nitrogen and oxygen atoms in total. The van der Waals surface area contributed by atoms with Crippen LogP contribution in [-0.2, 0) is 32.0 Å². The van der Waals surface area contributed by atoms with E-state index in [1.807, 2.05) is 4.98 Å². The molecule has 2 saturated heterocycles. The van der Waals surface area contributed by atoms with Gasteiger partial charge in [0.05, 0.1) is 12.7 Å². The van der Waals surface area contributed by atoms with Gasteiger partial charge < -0.3 is 44.8 Å². The second-order valence-corrected chi connectivity index (χ2v) is 11.1. The highest BCUT2D eigenvalue weighted by atomic mass is 31.3. The number of H-pyrrole nitrogens is 1. The van der Waals surface area contributed by atoms with E-state index in [-0.39, 0.29) is 5.56 Å². The molecule has 8 N–H and O–H groups in total. The van der Waals surface area contributed by atoms with Crippen LogP contribution in [-0.4, -0.2) is 100 Å². The van der Waals surface area contributed by atoms with Crippen LogP contribution in [0.4, 0.5) is 0 Å². The molecule has 11 atom stereocenters. The highest BCUT2D eigenvalue weighted by molar-refractivity contribution is 7.61. The van der Waals surface area contributed by atoms with E-state index in [1.54, 1.807) is 0 Å². The molecule has 3 rings (SSSR count). The summed E-state index contributed by atoms with van der Waals surface area (Å²) in [5.41, 5.74) is -1.59. The number of ether oxygens (including phenoxy) is 2. The molecule has 1 aromatic rings. The number of nitrogens with one attached hydrogen (secondary N) is 1. The fourth-order valence-corrected chi connectivity index (χ4v) is 5.60. The molecular weight excluding hydrogens is 538 g/mol. The minimum atomic E-state index is -5.51. The molecule has 3 heterocycles. The lowest BCUT2D eigenvalue weighted by molar-refractivity contribution is -0.271. The maximum Gasteiger partial charge on any atom is 0.483 e. The summed E-state index contributed by atoms with van der Waals surface area (Å²) >= 11 is 0. The van der Waals surface area contributed by atoms with Crippen molar-refractivity contribution in [2.75, 3.05) is 6.61 Å². The normalized spacial score (nSPS) is 38.4. The topological polar surface area (TPSA) is 277 Å². The lowest BCUT2D eigenvalue weighted by Gasteiger charge is -2.38. The minimum absolute atomic E-state index is 0.0787. The Balaban J connectivity index is 1.63. The number of phosphoric acid groups is 2. The molecule has 0 spiro atoms. The summed E-state index contributed by atoms with van der Waals surface area (Å²) in [6.45, 7) is 1.61. The van der Waals surface area contributed by atoms with Gasteiger partial charge in [0.15, 0.2) is 12.5 Å². The van der Waals surface area contributed by atoms with Gasteiger partial charge in [0.25, 0.3) is 5.56 Å². The summed E-state index contributed by atoms with van der Waals surface area (Å²) < 4.78 is 48.5. The van der Waals surface area contributed by atoms with E-state index in [0.717, 1.165) is 10.8 Å². The van der Waals surface area contributed by atoms with Gasteiger partial charge in [-0.25, -0.2) is 13.9 Å². The van der Waals surface area contributed by atoms with Gasteiger partial charge in [0, 0.05) is 11.8 Å². The monoisotopic (exact) mass is 564 g/mol. The fourth-order valence-electron chi connectivity index (χ4n) is 3.44. The Labute approximate surface area is 201 Å². The predicted molar refractivity (Wildman–Crippen MR) is 112 cm³/mol. The van der Waals surface area contributed by atoms with E-state index in [2.05, 4.69) is 13.4 Å². The van der Waals surface area contributed by atoms with Crippen LogP contribution in [0.5, 0.6) is 0 Å². The first-order valence-electron chi connectivity index (χ1n) is 10.3. The standard InChI is InChI=1S/C16H26N2O16P2/c1-5-3-18(16(25)17-13(5)24)14-11(22)9(20)7(32-14)4-30-35(26,27)34-36(28,29)33-15-12(23)10(21)8(19)6(2)31-15/h3,6-12,14-15,19-23H,4H2,1-2H3,(H,26,27)(H,28,29)(H,17,24,25). The molecule has 0 saturated carbocycles. The minimum Gasteiger partial charge on any atom is -0.388 e. The first-order valence-corrected chi connectivity index (χ1v) is 13.3. The highest BCUT2D eigenvalue weighted by Gasteiger charge is 2.49. The van der Waals surface area contributed by atoms with Crippen LogP contribution >= 0.6 is 15.6 Å². The second kappa shape index (κ2) is 10.8. The van der Waals surface area contributed by atoms with Gasteiger partial charge in [-0.15, -0.1) is 0 Å². The van der Waals surface area contributed by atoms with Gasteiger partial charge in [0.1, 0.15) is 36.6 Å². The van der Waals surface area contributed by atoms with Crippen molar-refractivity contribution in [1.29, 1.82) is 0 Å². The molecule has 0 aromatic carbocycles. The SMILES string of the molecule is Cc1cn(C2OC(COP(=O)(O)OP(=O)(O)OC3OC(C)C(O)C(O)C3O)C(O)C2O)c(=O)[nH]c1=O. The zero-order valence-corrected chi connectivity index (χ0v) is 20.4. The summed E-state index contributed by atoms with van der Waals surface area (Å²) in [6.07, 6.45) is -14.2. The number of aromatic amines is 1. The molecule has 206 valence electrons. The van der Waals surface area contributed by atoms with Crippen molar-refractivity contribution in [3.05, 3.63) is 32.6 Å². The van der Waals surface area contributed by atoms with Gasteiger partial charge in [-0.2, -0.15) is 4.31 Å². The first kappa shape index (κ1) is 29.2. The molecule has 2 fully saturated rings. The largest absolute Gasteiger partial charge is 0.483 e. The second-order valence-electron chi connectivity index (χ2n) is 8.13. The van der Waals surface area contributed by atoms with Gasteiger partial charge >= 0.3 is 21.3 Å². The zero-order valence-electron chi connectivity index (χ0n) is 18.6. The smallest absolute Gasteiger partial charge is 0.388 e. The fraction of sp³-hybridized carbons (Fsp3) is 0.750. The summed E-state index contributed by atoms with van der Waals surface area (Å²) in [6, 6.07) is 0. The van der Waals surface area contributed by atoms with Crippen LogP contribution in [0.2, 0.25) is 0 Å². The molecule has 0 bridgehead atoms. The number of rotatable bonds is 8. The van der Waals surface area contributed by atoms with Crippen molar-refractivity contribution in [3.63, 3.8) is 0 Å². The zero-order chi connectivity index (χ0) is 27.2. The number of aryl methyl sites for hydroxylation is 1. The molecule has 1 aromatic heterocycles. The molecule has 11 unspecified atom stereocenters. The predicted octanol–water partition coefficient (Wildman–Crippen LogP) is -3.46. The Hall–Kier alpha value is -1.34. The molecule has 0 aliphatic carbocycles. The average Bonchev–Trinajstić information content (AvgIpc) is 3.04. The summed E-state index contributed by atoms with van der Waals surface area (Å²) in [5, 5.41) is 49.6. The van der Waals surface area contributed by atoms with Crippen molar-refractivity contribution in [2.45, 2.75) is 69.1 Å². The van der Waals surface area contributed by atoms with E-state index in [9.17, 15) is 54.0 Å². The molecule has 2 aliphatic rings. The van der Waals surface area contributed by atoms with Crippen molar-refractivity contribution in [1.82, 2.24) is 9.55 Å². The molecule has 2 aliphatic heterocycles. The lowest BCUT2D eigenvalue weighted by Crippen LogP contribution is -2.57. The number of aliphatic hydroxyl groups is 5. The Bertz CT molecular complexity index is 1160. The van der Waals surface area contributed by atoms with Crippen LogP contribution in [0.1, 0.15) is 18.7 Å². The quantitative estimate of drug-likeness (QED) is 0.142. The van der Waals surface area contributed by atoms with Crippen molar-refractivity contribution >= 4 is 15.6 Å². The Morgan fingerprint density at radius 1 is 0.972 bits per heavy atom. The number of aliphatic hydroxyl groups excluding tert-OH is 5. The summed E-state index contributed by atoms with van der Waals surface area (Å²) in [4.78, 5) is 45.1. The molecule has 36 heavy (non-hydrogen) atoms. The maximum atomic E-state index is 12.2. The number of phosphoric ester groups is 2. The lowest BCUT2D eigenvalue weighted by atomic mass is 10.0. The third-order valence-corrected chi connectivity index (χ3v) is 8.01. The molecule has 20 heteroatoms. The summed E-state index contributed by atoms with van der Waals surface area (Å²) in [5.74, 6) is 0. The third-order valence-electron chi connectivity index (χ3n) is 5.41. The van der Waals surface area contributed by atoms with Crippen LogP contribution < -0.4 is 11.2 Å². The van der Waals surface area contributed by atoms with Crippen LogP contribution in [0.25, 0.3) is 0 Å². The molecule has 0 radical (unpaired) electrons. The first-order chi connectivity index (χ1) is 16.5. The van der Waals surface area contributed by atoms with E-state index < -0.39 is 88.7 Å². The average molecular weight is 564 g/mol. The number of hydrogen-bond donors (Lipinski definition) is 8. The van der Waals surface area contributed by atoms with Crippen LogP contribution in [0, 0.1) is 6.92 Å². The van der Waals surface area contributed by atoms with Gasteiger partial charge in [-0.3, -0.25) is 23.4 Å². The number of hydrogen-bond acceptors (Lipinski definition) is 14. The van der Waals surface area contributed by atoms with Gasteiger partial charge in [0.2, 0.25) is 0 Å². The van der Waals surface area contributed by atoms with E-state index in [4.69, 9.17) is 9.47 Å². The Morgan fingerprint density at radius 2 is 1.61 bits per heavy atom. The summed E-state index contributed by atoms with van der Waals surface area (Å²) in [7, 11) is -10.9. The Kier molecular flexibility index (Phi) is 8.77. The van der Waals surface area contributed by atoms with E-state index in [1.165, 1.54) is 13.8 Å². The van der Waals surface area contributed by atoms with Crippen molar-refractivity contribution < 1.29 is 67.3 Å². The van der Waals surface area contributed by atoms with Crippen molar-refractivity contribution in [2.24, 2.45) is 0 Å². The Morgan fingerprint density at radius 3 is 2.25 bits per heavy atom.